The molecule has 5 heteroatoms. The van der Waals surface area contributed by atoms with Crippen LogP contribution in [0.15, 0.2) is 54.6 Å². The van der Waals surface area contributed by atoms with Crippen LogP contribution in [0.25, 0.3) is 5.57 Å². The van der Waals surface area contributed by atoms with Crippen molar-refractivity contribution >= 4 is 11.4 Å². The number of nitrogens with zero attached hydrogens (tertiary/aromatic N) is 4. The lowest BCUT2D eigenvalue weighted by atomic mass is 9.85. The molecule has 1 aromatic carbocycles. The van der Waals surface area contributed by atoms with Crippen LogP contribution in [-0.2, 0) is 12.8 Å². The van der Waals surface area contributed by atoms with Crippen LogP contribution in [0, 0.1) is 41.9 Å². The molecule has 2 unspecified atom stereocenters. The molecule has 43 heavy (non-hydrogen) atoms. The Morgan fingerprint density at radius 3 is 2.74 bits per heavy atom. The van der Waals surface area contributed by atoms with Gasteiger partial charge in [0, 0.05) is 25.1 Å². The van der Waals surface area contributed by atoms with Gasteiger partial charge in [0.15, 0.2) is 0 Å². The standard InChI is InChI=1S/C38H52N4O/c1-6-12-31-15-11-16-33(31)27-43-38-40-36-25-30(18-20-32(13-7-2)34-17-10-9-14-29(34)5)19-21-35(36)37(41-38)42(24-8-3)26-28(4)22-23-39/h6,9-10,12-14,17-18,20,28,30-31,33H,7-8,11,15-16,19,21-22,24-27H2,1-5H3/b12-6+,20-18+,32-13-/t28?,30-,31?,33-/m0/s1. The van der Waals surface area contributed by atoms with Gasteiger partial charge in [0.25, 0.3) is 0 Å². The number of hydrogen-bond acceptors (Lipinski definition) is 5. The number of anilines is 1. The summed E-state index contributed by atoms with van der Waals surface area (Å²) in [5, 5.41) is 9.33. The van der Waals surface area contributed by atoms with Crippen molar-refractivity contribution in [2.24, 2.45) is 23.7 Å². The lowest BCUT2D eigenvalue weighted by Crippen LogP contribution is -2.32. The van der Waals surface area contributed by atoms with Gasteiger partial charge in [-0.05, 0) is 99.2 Å². The molecule has 0 amide bonds. The smallest absolute Gasteiger partial charge is 0.318 e. The molecule has 0 N–H and O–H groups in total. The molecular weight excluding hydrogens is 528 g/mol. The van der Waals surface area contributed by atoms with Crippen molar-refractivity contribution < 1.29 is 4.74 Å². The largest absolute Gasteiger partial charge is 0.463 e. The average molecular weight is 581 g/mol. The lowest BCUT2D eigenvalue weighted by Gasteiger charge is -2.31. The van der Waals surface area contributed by atoms with Crippen molar-refractivity contribution in [1.29, 1.82) is 5.26 Å². The van der Waals surface area contributed by atoms with Crippen molar-refractivity contribution in [2.75, 3.05) is 24.6 Å². The van der Waals surface area contributed by atoms with Crippen molar-refractivity contribution in [3.63, 3.8) is 0 Å². The van der Waals surface area contributed by atoms with Crippen molar-refractivity contribution in [3.05, 3.63) is 77.0 Å². The highest BCUT2D eigenvalue weighted by molar-refractivity contribution is 5.75. The van der Waals surface area contributed by atoms with E-state index < -0.39 is 0 Å². The van der Waals surface area contributed by atoms with Crippen LogP contribution in [0.2, 0.25) is 0 Å². The third-order valence-corrected chi connectivity index (χ3v) is 9.05. The second-order valence-corrected chi connectivity index (χ2v) is 12.6. The number of rotatable bonds is 14. The molecule has 0 aliphatic heterocycles. The van der Waals surface area contributed by atoms with Gasteiger partial charge >= 0.3 is 6.01 Å². The minimum absolute atomic E-state index is 0.274. The van der Waals surface area contributed by atoms with Gasteiger partial charge in [0.2, 0.25) is 0 Å². The number of hydrogen-bond donors (Lipinski definition) is 0. The maximum absolute atomic E-state index is 9.33. The van der Waals surface area contributed by atoms with E-state index in [0.717, 1.165) is 56.7 Å². The molecule has 1 aromatic heterocycles. The molecule has 0 saturated heterocycles. The van der Waals surface area contributed by atoms with E-state index >= 15 is 0 Å². The van der Waals surface area contributed by atoms with E-state index in [1.165, 1.54) is 41.5 Å². The van der Waals surface area contributed by atoms with Gasteiger partial charge in [-0.2, -0.15) is 15.2 Å². The van der Waals surface area contributed by atoms with Crippen molar-refractivity contribution in [1.82, 2.24) is 9.97 Å². The highest BCUT2D eigenvalue weighted by atomic mass is 16.5. The normalized spacial score (nSPS) is 21.2. The minimum Gasteiger partial charge on any atom is -0.463 e. The van der Waals surface area contributed by atoms with E-state index in [9.17, 15) is 5.26 Å². The van der Waals surface area contributed by atoms with Gasteiger partial charge in [0.1, 0.15) is 5.82 Å². The summed E-state index contributed by atoms with van der Waals surface area (Å²) in [6.07, 6.45) is 20.8. The highest BCUT2D eigenvalue weighted by Crippen LogP contribution is 2.36. The van der Waals surface area contributed by atoms with Crippen LogP contribution in [0.5, 0.6) is 6.01 Å². The number of benzene rings is 1. The number of aryl methyl sites for hydroxylation is 1. The molecule has 5 nitrogen and oxygen atoms in total. The maximum atomic E-state index is 9.33. The second kappa shape index (κ2) is 16.5. The third-order valence-electron chi connectivity index (χ3n) is 9.05. The fraction of sp³-hybridized carbons (Fsp3) is 0.553. The van der Waals surface area contributed by atoms with Crippen LogP contribution in [-0.4, -0.2) is 29.7 Å². The summed E-state index contributed by atoms with van der Waals surface area (Å²) < 4.78 is 6.43. The first-order valence-electron chi connectivity index (χ1n) is 16.7. The summed E-state index contributed by atoms with van der Waals surface area (Å²) in [5.74, 6) is 2.81. The highest BCUT2D eigenvalue weighted by Gasteiger charge is 2.29. The topological polar surface area (TPSA) is 62.0 Å². The molecule has 230 valence electrons. The lowest BCUT2D eigenvalue weighted by molar-refractivity contribution is 0.214. The van der Waals surface area contributed by atoms with Crippen LogP contribution in [0.3, 0.4) is 0 Å². The molecule has 2 aromatic rings. The number of nitriles is 1. The first-order chi connectivity index (χ1) is 21.0. The van der Waals surface area contributed by atoms with Gasteiger partial charge < -0.3 is 9.64 Å². The molecule has 4 atom stereocenters. The monoisotopic (exact) mass is 580 g/mol. The molecule has 4 rings (SSSR count). The van der Waals surface area contributed by atoms with Gasteiger partial charge in [-0.3, -0.25) is 0 Å². The first kappa shape index (κ1) is 32.5. The van der Waals surface area contributed by atoms with Crippen LogP contribution in [0.1, 0.15) is 95.0 Å². The van der Waals surface area contributed by atoms with Gasteiger partial charge in [0.05, 0.1) is 18.4 Å². The Hall–Kier alpha value is -3.39. The SMILES string of the molecule is C/C=C/C1CCC[C@H]1COc1nc2c(c(N(CCC)CC(C)CC#N)n1)CC[C@H](/C=C/C(=C/CC)c1ccccc1C)C2. The predicted octanol–water partition coefficient (Wildman–Crippen LogP) is 9.08. The van der Waals surface area contributed by atoms with E-state index in [-0.39, 0.29) is 5.92 Å². The molecular formula is C38H52N4O. The van der Waals surface area contributed by atoms with Crippen molar-refractivity contribution in [3.8, 4) is 12.1 Å². The Labute approximate surface area is 260 Å². The summed E-state index contributed by atoms with van der Waals surface area (Å²) in [4.78, 5) is 12.6. The molecule has 0 spiro atoms. The average Bonchev–Trinajstić information content (AvgIpc) is 3.45. The fourth-order valence-corrected chi connectivity index (χ4v) is 6.82. The summed E-state index contributed by atoms with van der Waals surface area (Å²) >= 11 is 0. The molecule has 1 heterocycles. The molecule has 0 radical (unpaired) electrons. The molecule has 1 saturated carbocycles. The van der Waals surface area contributed by atoms with Gasteiger partial charge in [-0.25, -0.2) is 0 Å². The maximum Gasteiger partial charge on any atom is 0.318 e. The minimum atomic E-state index is 0.274. The Balaban J connectivity index is 1.62. The predicted molar refractivity (Wildman–Crippen MR) is 179 cm³/mol. The van der Waals surface area contributed by atoms with Gasteiger partial charge in [-0.1, -0.05) is 81.8 Å². The Bertz CT molecular complexity index is 1320. The summed E-state index contributed by atoms with van der Waals surface area (Å²) in [6, 6.07) is 11.5. The van der Waals surface area contributed by atoms with E-state index in [1.54, 1.807) is 0 Å². The van der Waals surface area contributed by atoms with E-state index in [2.05, 4.69) is 100 Å². The summed E-state index contributed by atoms with van der Waals surface area (Å²) in [5.41, 5.74) is 6.31. The Morgan fingerprint density at radius 1 is 1.16 bits per heavy atom. The zero-order valence-electron chi connectivity index (χ0n) is 27.2. The number of aromatic nitrogens is 2. The quantitative estimate of drug-likeness (QED) is 0.165. The van der Waals surface area contributed by atoms with Crippen LogP contribution in [0.4, 0.5) is 5.82 Å². The number of fused-ring (bicyclic) bond motifs is 1. The third kappa shape index (κ3) is 8.82. The number of allylic oxidation sites excluding steroid dienone is 6. The van der Waals surface area contributed by atoms with Crippen LogP contribution < -0.4 is 9.64 Å². The second-order valence-electron chi connectivity index (χ2n) is 12.6. The molecule has 2 aliphatic carbocycles. The van der Waals surface area contributed by atoms with Gasteiger partial charge in [-0.15, -0.1) is 0 Å². The molecule has 1 fully saturated rings. The number of ether oxygens (including phenoxy) is 1. The van der Waals surface area contributed by atoms with E-state index in [4.69, 9.17) is 14.7 Å². The first-order valence-corrected chi connectivity index (χ1v) is 16.7. The summed E-state index contributed by atoms with van der Waals surface area (Å²) in [7, 11) is 0. The molecule has 0 bridgehead atoms. The summed E-state index contributed by atoms with van der Waals surface area (Å²) in [6.45, 7) is 13.3. The van der Waals surface area contributed by atoms with Crippen LogP contribution >= 0.6 is 0 Å². The Kier molecular flexibility index (Phi) is 12.4. The zero-order valence-corrected chi connectivity index (χ0v) is 27.2. The molecule has 2 aliphatic rings. The van der Waals surface area contributed by atoms with Crippen molar-refractivity contribution in [2.45, 2.75) is 92.4 Å². The zero-order chi connectivity index (χ0) is 30.6. The van der Waals surface area contributed by atoms with E-state index in [0.29, 0.717) is 36.8 Å². The fourth-order valence-electron chi connectivity index (χ4n) is 6.82. The van der Waals surface area contributed by atoms with E-state index in [1.807, 2.05) is 0 Å². The Morgan fingerprint density at radius 2 is 2.00 bits per heavy atom.